The van der Waals surface area contributed by atoms with Crippen LogP contribution < -0.4 is 0 Å². The summed E-state index contributed by atoms with van der Waals surface area (Å²) in [6.45, 7) is 0. The van der Waals surface area contributed by atoms with Gasteiger partial charge >= 0.3 is 11.9 Å². The molecule has 0 unspecified atom stereocenters. The van der Waals surface area contributed by atoms with Crippen LogP contribution in [-0.4, -0.2) is 22.1 Å². The van der Waals surface area contributed by atoms with Crippen LogP contribution in [0.15, 0.2) is 45.3 Å². The van der Waals surface area contributed by atoms with E-state index in [2.05, 4.69) is 46.8 Å². The first kappa shape index (κ1) is 18.3. The molecule has 0 amide bonds. The van der Waals surface area contributed by atoms with E-state index in [1.54, 1.807) is 18.2 Å². The molecule has 126 valence electrons. The maximum atomic E-state index is 11.0. The molecule has 2 aromatic carbocycles. The first-order valence-corrected chi connectivity index (χ1v) is 9.04. The van der Waals surface area contributed by atoms with Crippen molar-refractivity contribution in [2.45, 2.75) is 0 Å². The fraction of sp³-hybridized carbons (Fsp3) is 0. The number of esters is 2. The molecule has 0 saturated heterocycles. The van der Waals surface area contributed by atoms with Crippen molar-refractivity contribution in [2.75, 3.05) is 0 Å². The lowest BCUT2D eigenvalue weighted by Crippen LogP contribution is -1.96. The number of aromatic nitrogens is 2. The molecule has 0 bridgehead atoms. The van der Waals surface area contributed by atoms with Gasteiger partial charge in [0.15, 0.2) is 10.3 Å². The van der Waals surface area contributed by atoms with Gasteiger partial charge in [0.25, 0.3) is 0 Å². The highest BCUT2D eigenvalue weighted by Gasteiger charge is 2.29. The van der Waals surface area contributed by atoms with Gasteiger partial charge in [0, 0.05) is 19.7 Å². The molecule has 2 heterocycles. The molecule has 0 radical (unpaired) electrons. The largest absolute Gasteiger partial charge is 0.386 e. The van der Waals surface area contributed by atoms with Crippen molar-refractivity contribution >= 4 is 77.8 Å². The lowest BCUT2D eigenvalue weighted by molar-refractivity contribution is 0.0444. The Hall–Kier alpha value is -1.54. The van der Waals surface area contributed by atoms with Gasteiger partial charge in [-0.25, -0.2) is 9.59 Å². The van der Waals surface area contributed by atoms with Crippen LogP contribution >= 0.6 is 55.1 Å². The number of carbonyl (C=O) groups excluding carboxylic acids is 2. The first-order valence-electron chi connectivity index (χ1n) is 6.70. The molecule has 3 aromatic rings. The Morgan fingerprint density at radius 2 is 1.32 bits per heavy atom. The Labute approximate surface area is 168 Å². The standard InChI is InChI=1S/C8H3BrCl2N2.C8H3BrO3/c9-4-1-2-5-6(3-4)8(11)13-12-7(5)10;9-4-1-2-5-6(3-4)8(11)12-7(5)10/h1-3H;1-3H. The van der Waals surface area contributed by atoms with E-state index < -0.39 is 11.9 Å². The summed E-state index contributed by atoms with van der Waals surface area (Å²) < 4.78 is 6.08. The van der Waals surface area contributed by atoms with Gasteiger partial charge in [-0.1, -0.05) is 55.1 Å². The van der Waals surface area contributed by atoms with Gasteiger partial charge in [-0.15, -0.1) is 10.2 Å². The summed E-state index contributed by atoms with van der Waals surface area (Å²) in [7, 11) is 0. The Morgan fingerprint density at radius 3 is 2.04 bits per heavy atom. The molecule has 0 atom stereocenters. The number of halogens is 4. The molecular weight excluding hydrogens is 499 g/mol. The SMILES string of the molecule is Clc1nnc(Cl)c2cc(Br)ccc12.O=C1OC(=O)c2cc(Br)ccc21. The minimum Gasteiger partial charge on any atom is -0.386 e. The van der Waals surface area contributed by atoms with Gasteiger partial charge in [0.05, 0.1) is 11.1 Å². The number of carbonyl (C=O) groups is 2. The lowest BCUT2D eigenvalue weighted by atomic mass is 10.1. The second-order valence-electron chi connectivity index (χ2n) is 4.84. The highest BCUT2D eigenvalue weighted by atomic mass is 79.9. The predicted molar refractivity (Wildman–Crippen MR) is 101 cm³/mol. The zero-order valence-electron chi connectivity index (χ0n) is 12.1. The average molecular weight is 505 g/mol. The minimum absolute atomic E-state index is 0.328. The van der Waals surface area contributed by atoms with Gasteiger partial charge in [-0.2, -0.15) is 0 Å². The highest BCUT2D eigenvalue weighted by Crippen LogP contribution is 2.28. The number of benzene rings is 2. The summed E-state index contributed by atoms with van der Waals surface area (Å²) >= 11 is 18.2. The van der Waals surface area contributed by atoms with E-state index in [0.29, 0.717) is 21.4 Å². The number of ether oxygens (including phenoxy) is 1. The Kier molecular flexibility index (Phi) is 5.38. The summed E-state index contributed by atoms with van der Waals surface area (Å²) in [6, 6.07) is 10.4. The Bertz CT molecular complexity index is 1030. The van der Waals surface area contributed by atoms with Crippen LogP contribution in [0.5, 0.6) is 0 Å². The normalized spacial score (nSPS) is 12.5. The van der Waals surface area contributed by atoms with Gasteiger partial charge in [0.1, 0.15) is 0 Å². The van der Waals surface area contributed by atoms with Gasteiger partial charge in [-0.3, -0.25) is 0 Å². The maximum absolute atomic E-state index is 11.0. The summed E-state index contributed by atoms with van der Waals surface area (Å²) in [5.41, 5.74) is 0.664. The Balaban J connectivity index is 0.000000146. The van der Waals surface area contributed by atoms with Crippen molar-refractivity contribution in [3.8, 4) is 0 Å². The second kappa shape index (κ2) is 7.37. The van der Waals surface area contributed by atoms with Crippen molar-refractivity contribution in [3.05, 3.63) is 66.8 Å². The molecule has 0 spiro atoms. The van der Waals surface area contributed by atoms with Crippen LogP contribution in [0.4, 0.5) is 0 Å². The van der Waals surface area contributed by atoms with E-state index in [0.717, 1.165) is 19.7 Å². The van der Waals surface area contributed by atoms with Crippen LogP contribution in [0.3, 0.4) is 0 Å². The quantitative estimate of drug-likeness (QED) is 0.300. The first-order chi connectivity index (χ1) is 11.9. The number of hydrogen-bond donors (Lipinski definition) is 0. The van der Waals surface area contributed by atoms with Crippen molar-refractivity contribution in [1.82, 2.24) is 10.2 Å². The van der Waals surface area contributed by atoms with Crippen LogP contribution in [0.2, 0.25) is 10.3 Å². The van der Waals surface area contributed by atoms with Gasteiger partial charge in [0.2, 0.25) is 0 Å². The smallest absolute Gasteiger partial charge is 0.346 e. The topological polar surface area (TPSA) is 69.2 Å². The van der Waals surface area contributed by atoms with E-state index in [-0.39, 0.29) is 0 Å². The fourth-order valence-corrected chi connectivity index (χ4v) is 3.24. The van der Waals surface area contributed by atoms with Crippen LogP contribution in [-0.2, 0) is 4.74 Å². The summed E-state index contributed by atoms with van der Waals surface area (Å²) in [5.74, 6) is -1.14. The molecule has 1 aliphatic rings. The molecule has 1 aromatic heterocycles. The number of fused-ring (bicyclic) bond motifs is 2. The van der Waals surface area contributed by atoms with Gasteiger partial charge < -0.3 is 4.74 Å². The van der Waals surface area contributed by atoms with E-state index in [1.165, 1.54) is 0 Å². The van der Waals surface area contributed by atoms with Crippen LogP contribution in [0.1, 0.15) is 20.7 Å². The van der Waals surface area contributed by atoms with Gasteiger partial charge in [-0.05, 0) is 36.4 Å². The molecular formula is C16H6Br2Cl2N2O3. The molecule has 0 aliphatic carbocycles. The summed E-state index contributed by atoms with van der Waals surface area (Å²) in [6.07, 6.45) is 0. The Morgan fingerprint density at radius 1 is 0.760 bits per heavy atom. The molecule has 5 nitrogen and oxygen atoms in total. The molecule has 9 heteroatoms. The predicted octanol–water partition coefficient (Wildman–Crippen LogP) is 5.46. The molecule has 0 saturated carbocycles. The highest BCUT2D eigenvalue weighted by molar-refractivity contribution is 9.10. The van der Waals surface area contributed by atoms with Crippen LogP contribution in [0, 0.1) is 0 Å². The molecule has 25 heavy (non-hydrogen) atoms. The third-order valence-corrected chi connectivity index (χ3v) is 4.80. The van der Waals surface area contributed by atoms with E-state index >= 15 is 0 Å². The molecule has 0 N–H and O–H groups in total. The second-order valence-corrected chi connectivity index (χ2v) is 7.39. The maximum Gasteiger partial charge on any atom is 0.346 e. The van der Waals surface area contributed by atoms with Crippen LogP contribution in [0.25, 0.3) is 10.8 Å². The number of hydrogen-bond acceptors (Lipinski definition) is 5. The number of nitrogens with zero attached hydrogens (tertiary/aromatic N) is 2. The zero-order chi connectivity index (χ0) is 18.1. The number of cyclic esters (lactones) is 2. The van der Waals surface area contributed by atoms with Crippen molar-refractivity contribution < 1.29 is 14.3 Å². The average Bonchev–Trinajstić information content (AvgIpc) is 2.85. The van der Waals surface area contributed by atoms with E-state index in [4.69, 9.17) is 23.2 Å². The molecule has 1 aliphatic heterocycles. The number of rotatable bonds is 0. The summed E-state index contributed by atoms with van der Waals surface area (Å²) in [4.78, 5) is 21.9. The van der Waals surface area contributed by atoms with E-state index in [9.17, 15) is 9.59 Å². The monoisotopic (exact) mass is 502 g/mol. The summed E-state index contributed by atoms with van der Waals surface area (Å²) in [5, 5.41) is 9.76. The zero-order valence-corrected chi connectivity index (χ0v) is 16.8. The van der Waals surface area contributed by atoms with Crippen molar-refractivity contribution in [1.29, 1.82) is 0 Å². The van der Waals surface area contributed by atoms with Crippen molar-refractivity contribution in [2.24, 2.45) is 0 Å². The van der Waals surface area contributed by atoms with E-state index in [1.807, 2.05) is 18.2 Å². The lowest BCUT2D eigenvalue weighted by Gasteiger charge is -2.00. The third kappa shape index (κ3) is 3.84. The minimum atomic E-state index is -0.573. The molecule has 0 fully saturated rings. The third-order valence-electron chi connectivity index (χ3n) is 3.26. The van der Waals surface area contributed by atoms with Crippen molar-refractivity contribution in [3.63, 3.8) is 0 Å². The fourth-order valence-electron chi connectivity index (χ4n) is 2.12. The molecule has 4 rings (SSSR count).